The molecule has 0 aliphatic carbocycles. The van der Waals surface area contributed by atoms with Crippen molar-refractivity contribution in [1.82, 2.24) is 14.8 Å². The van der Waals surface area contributed by atoms with Crippen molar-refractivity contribution >= 4 is 27.6 Å². The highest BCUT2D eigenvalue weighted by atomic mass is 32.2. The SMILES string of the molecule is CCCn1c(SCC(=O)O[C@H]2CCS(=O)(=O)C2)n[nH]c1=O. The molecule has 0 radical (unpaired) electrons. The molecule has 0 unspecified atom stereocenters. The van der Waals surface area contributed by atoms with E-state index in [2.05, 4.69) is 10.2 Å². The van der Waals surface area contributed by atoms with E-state index >= 15 is 0 Å². The standard InChI is InChI=1S/C11H17N3O5S2/c1-2-4-14-10(16)12-13-11(14)20-6-9(15)19-8-3-5-21(17,18)7-8/h8H,2-7H2,1H3,(H,12,16)/t8-/m0/s1. The van der Waals surface area contributed by atoms with Gasteiger partial charge in [-0.1, -0.05) is 18.7 Å². The molecular formula is C11H17N3O5S2. The molecule has 1 atom stereocenters. The van der Waals surface area contributed by atoms with Gasteiger partial charge in [-0.3, -0.25) is 9.36 Å². The van der Waals surface area contributed by atoms with Crippen LogP contribution in [0.4, 0.5) is 0 Å². The lowest BCUT2D eigenvalue weighted by atomic mass is 10.3. The van der Waals surface area contributed by atoms with Crippen LogP contribution in [0.15, 0.2) is 9.95 Å². The number of aromatic nitrogens is 3. The van der Waals surface area contributed by atoms with Crippen molar-refractivity contribution in [2.24, 2.45) is 0 Å². The molecule has 0 aromatic carbocycles. The van der Waals surface area contributed by atoms with Gasteiger partial charge in [0.2, 0.25) is 0 Å². The minimum Gasteiger partial charge on any atom is -0.461 e. The Kier molecular flexibility index (Phi) is 5.09. The maximum Gasteiger partial charge on any atom is 0.343 e. The average molecular weight is 335 g/mol. The summed E-state index contributed by atoms with van der Waals surface area (Å²) in [5.41, 5.74) is -0.311. The first-order valence-electron chi connectivity index (χ1n) is 6.59. The van der Waals surface area contributed by atoms with Crippen molar-refractivity contribution in [3.05, 3.63) is 10.5 Å². The smallest absolute Gasteiger partial charge is 0.343 e. The number of rotatable bonds is 6. The molecule has 1 saturated heterocycles. The van der Waals surface area contributed by atoms with Gasteiger partial charge in [-0.05, 0) is 12.8 Å². The molecule has 1 fully saturated rings. The molecule has 118 valence electrons. The van der Waals surface area contributed by atoms with Crippen molar-refractivity contribution < 1.29 is 17.9 Å². The monoisotopic (exact) mass is 335 g/mol. The summed E-state index contributed by atoms with van der Waals surface area (Å²) in [6.07, 6.45) is 0.569. The van der Waals surface area contributed by atoms with Gasteiger partial charge in [0.05, 0.1) is 17.3 Å². The number of nitrogens with zero attached hydrogens (tertiary/aromatic N) is 2. The summed E-state index contributed by atoms with van der Waals surface area (Å²) in [7, 11) is -3.07. The van der Waals surface area contributed by atoms with Crippen LogP contribution >= 0.6 is 11.8 Å². The van der Waals surface area contributed by atoms with Crippen LogP contribution < -0.4 is 5.69 Å². The number of carbonyl (C=O) groups is 1. The third kappa shape index (κ3) is 4.34. The Morgan fingerprint density at radius 1 is 1.57 bits per heavy atom. The molecular weight excluding hydrogens is 318 g/mol. The zero-order valence-electron chi connectivity index (χ0n) is 11.6. The van der Waals surface area contributed by atoms with E-state index < -0.39 is 21.9 Å². The minimum absolute atomic E-state index is 0.00937. The van der Waals surface area contributed by atoms with Crippen LogP contribution in [-0.4, -0.2) is 52.5 Å². The number of esters is 1. The normalized spacial score (nSPS) is 20.5. The Balaban J connectivity index is 1.86. The minimum atomic E-state index is -3.07. The Morgan fingerprint density at radius 2 is 2.33 bits per heavy atom. The number of aromatic amines is 1. The zero-order valence-corrected chi connectivity index (χ0v) is 13.2. The predicted octanol–water partition coefficient (Wildman–Crippen LogP) is -0.196. The van der Waals surface area contributed by atoms with Crippen LogP contribution in [-0.2, 0) is 25.9 Å². The highest BCUT2D eigenvalue weighted by Gasteiger charge is 2.30. The maximum atomic E-state index is 11.7. The molecule has 0 saturated carbocycles. The van der Waals surface area contributed by atoms with E-state index in [4.69, 9.17) is 4.74 Å². The van der Waals surface area contributed by atoms with Crippen LogP contribution in [0, 0.1) is 0 Å². The van der Waals surface area contributed by atoms with Crippen LogP contribution in [0.2, 0.25) is 0 Å². The van der Waals surface area contributed by atoms with E-state index in [-0.39, 0.29) is 22.9 Å². The molecule has 0 spiro atoms. The van der Waals surface area contributed by atoms with E-state index in [1.165, 1.54) is 4.57 Å². The van der Waals surface area contributed by atoms with Gasteiger partial charge in [0.1, 0.15) is 6.10 Å². The van der Waals surface area contributed by atoms with E-state index in [1.54, 1.807) is 0 Å². The van der Waals surface area contributed by atoms with Crippen LogP contribution in [0.5, 0.6) is 0 Å². The van der Waals surface area contributed by atoms with Crippen LogP contribution in [0.3, 0.4) is 0 Å². The van der Waals surface area contributed by atoms with Gasteiger partial charge in [-0.2, -0.15) is 0 Å². The Labute approximate surface area is 126 Å². The van der Waals surface area contributed by atoms with Crippen molar-refractivity contribution in [2.75, 3.05) is 17.3 Å². The number of nitrogens with one attached hydrogen (secondary N) is 1. The fourth-order valence-corrected chi connectivity index (χ4v) is 4.38. The summed E-state index contributed by atoms with van der Waals surface area (Å²) in [5, 5.41) is 6.61. The molecule has 1 aliphatic rings. The van der Waals surface area contributed by atoms with Gasteiger partial charge in [-0.25, -0.2) is 18.3 Å². The summed E-state index contributed by atoms with van der Waals surface area (Å²) in [6, 6.07) is 0. The quantitative estimate of drug-likeness (QED) is 0.566. The molecule has 1 aromatic rings. The second-order valence-electron chi connectivity index (χ2n) is 4.77. The molecule has 8 nitrogen and oxygen atoms in total. The van der Waals surface area contributed by atoms with Gasteiger partial charge in [0.25, 0.3) is 0 Å². The third-order valence-electron chi connectivity index (χ3n) is 2.98. The Bertz CT molecular complexity index is 664. The number of ether oxygens (including phenoxy) is 1. The number of hydrogen-bond donors (Lipinski definition) is 1. The summed E-state index contributed by atoms with van der Waals surface area (Å²) in [6.45, 7) is 2.45. The van der Waals surface area contributed by atoms with E-state index in [9.17, 15) is 18.0 Å². The predicted molar refractivity (Wildman–Crippen MR) is 77.0 cm³/mol. The van der Waals surface area contributed by atoms with Crippen molar-refractivity contribution in [3.8, 4) is 0 Å². The zero-order chi connectivity index (χ0) is 15.5. The topological polar surface area (TPSA) is 111 Å². The lowest BCUT2D eigenvalue weighted by molar-refractivity contribution is -0.144. The molecule has 2 rings (SSSR count). The third-order valence-corrected chi connectivity index (χ3v) is 5.67. The van der Waals surface area contributed by atoms with E-state index in [0.29, 0.717) is 18.1 Å². The fourth-order valence-electron chi connectivity index (χ4n) is 2.03. The van der Waals surface area contributed by atoms with Crippen molar-refractivity contribution in [3.63, 3.8) is 0 Å². The number of carbonyl (C=O) groups excluding carboxylic acids is 1. The molecule has 2 heterocycles. The van der Waals surface area contributed by atoms with Gasteiger partial charge in [0, 0.05) is 6.54 Å². The second kappa shape index (κ2) is 6.65. The first-order valence-corrected chi connectivity index (χ1v) is 9.40. The number of sulfone groups is 1. The lowest BCUT2D eigenvalue weighted by Gasteiger charge is -2.09. The van der Waals surface area contributed by atoms with Crippen LogP contribution in [0.25, 0.3) is 0 Å². The first-order chi connectivity index (χ1) is 9.91. The van der Waals surface area contributed by atoms with Gasteiger partial charge >= 0.3 is 11.7 Å². The maximum absolute atomic E-state index is 11.7. The van der Waals surface area contributed by atoms with E-state index in [0.717, 1.165) is 18.2 Å². The Hall–Kier alpha value is -1.29. The molecule has 0 amide bonds. The fraction of sp³-hybridized carbons (Fsp3) is 0.727. The molecule has 0 bridgehead atoms. The highest BCUT2D eigenvalue weighted by Crippen LogP contribution is 2.18. The second-order valence-corrected chi connectivity index (χ2v) is 7.94. The first kappa shape index (κ1) is 16.1. The van der Waals surface area contributed by atoms with Crippen LogP contribution in [0.1, 0.15) is 19.8 Å². The van der Waals surface area contributed by atoms with E-state index in [1.807, 2.05) is 6.92 Å². The van der Waals surface area contributed by atoms with Crippen molar-refractivity contribution in [2.45, 2.75) is 37.6 Å². The van der Waals surface area contributed by atoms with Gasteiger partial charge in [0.15, 0.2) is 15.0 Å². The average Bonchev–Trinajstić information content (AvgIpc) is 2.92. The highest BCUT2D eigenvalue weighted by molar-refractivity contribution is 7.99. The Morgan fingerprint density at radius 3 is 2.95 bits per heavy atom. The summed E-state index contributed by atoms with van der Waals surface area (Å²) >= 11 is 1.10. The number of thioether (sulfide) groups is 1. The summed E-state index contributed by atoms with van der Waals surface area (Å²) in [4.78, 5) is 23.2. The molecule has 1 aliphatic heterocycles. The largest absolute Gasteiger partial charge is 0.461 e. The molecule has 10 heteroatoms. The summed E-state index contributed by atoms with van der Waals surface area (Å²) < 4.78 is 29.1. The number of H-pyrrole nitrogens is 1. The van der Waals surface area contributed by atoms with Gasteiger partial charge in [-0.15, -0.1) is 5.10 Å². The lowest BCUT2D eigenvalue weighted by Crippen LogP contribution is -2.21. The van der Waals surface area contributed by atoms with Crippen molar-refractivity contribution in [1.29, 1.82) is 0 Å². The van der Waals surface area contributed by atoms with Gasteiger partial charge < -0.3 is 4.74 Å². The summed E-state index contributed by atoms with van der Waals surface area (Å²) in [5.74, 6) is -0.551. The number of hydrogen-bond acceptors (Lipinski definition) is 7. The molecule has 1 aromatic heterocycles. The molecule has 1 N–H and O–H groups in total. The molecule has 21 heavy (non-hydrogen) atoms.